The molecule has 0 radical (unpaired) electrons. The van der Waals surface area contributed by atoms with Gasteiger partial charge in [-0.25, -0.2) is 26.0 Å². The van der Waals surface area contributed by atoms with Gasteiger partial charge in [-0.15, -0.1) is 0 Å². The van der Waals surface area contributed by atoms with E-state index in [9.17, 15) is 22.0 Å². The summed E-state index contributed by atoms with van der Waals surface area (Å²) in [7, 11) is -3.79. The zero-order chi connectivity index (χ0) is 26.2. The number of benzene rings is 3. The minimum atomic E-state index is -3.79. The van der Waals surface area contributed by atoms with Crippen LogP contribution in [0.2, 0.25) is 0 Å². The van der Waals surface area contributed by atoms with Gasteiger partial charge in [-0.2, -0.15) is 0 Å². The van der Waals surface area contributed by atoms with Crippen LogP contribution in [0.25, 0.3) is 0 Å². The summed E-state index contributed by atoms with van der Waals surface area (Å²) in [6, 6.07) is 8.93. The summed E-state index contributed by atoms with van der Waals surface area (Å²) in [5, 5.41) is 5.18. The molecule has 0 saturated heterocycles. The van der Waals surface area contributed by atoms with Crippen molar-refractivity contribution < 1.29 is 30.8 Å². The summed E-state index contributed by atoms with van der Waals surface area (Å²) in [4.78, 5) is 12.9. The van der Waals surface area contributed by atoms with Crippen LogP contribution in [0.1, 0.15) is 39.9 Å². The highest BCUT2D eigenvalue weighted by molar-refractivity contribution is 7.92. The third-order valence-electron chi connectivity index (χ3n) is 5.58. The van der Waals surface area contributed by atoms with Crippen molar-refractivity contribution in [3.05, 3.63) is 88.0 Å². The van der Waals surface area contributed by atoms with Crippen molar-refractivity contribution >= 4 is 33.0 Å². The Morgan fingerprint density at radius 3 is 2.31 bits per heavy atom. The Labute approximate surface area is 205 Å². The smallest absolute Gasteiger partial charge is 0.253 e. The van der Waals surface area contributed by atoms with Crippen molar-refractivity contribution in [3.63, 3.8) is 0 Å². The predicted octanol–water partition coefficient (Wildman–Crippen LogP) is 5.15. The maximum atomic E-state index is 15.3. The number of carbonyl (C=O) groups is 1. The van der Waals surface area contributed by atoms with Gasteiger partial charge in [0.25, 0.3) is 5.91 Å². The second-order valence-electron chi connectivity index (χ2n) is 8.77. The number of hydrogen-bond donors (Lipinski definition) is 3. The molecule has 1 aliphatic rings. The normalized spacial score (nSPS) is 13.4. The fraction of sp³-hybridized carbons (Fsp3) is 0.240. The molecule has 11 heteroatoms. The number of rotatable bonds is 8. The molecule has 0 aliphatic heterocycles. The minimum absolute atomic E-state index is 0.103. The number of carbonyl (C=O) groups excluding carboxylic acids is 1. The van der Waals surface area contributed by atoms with E-state index in [2.05, 4.69) is 10.6 Å². The first-order valence-corrected chi connectivity index (χ1v) is 12.9. The summed E-state index contributed by atoms with van der Waals surface area (Å²) in [6.45, 7) is 1.66. The SMILES string of the molecule is Cc1ccc(Nc2c(C(=O)NC3CC3)cc(Cc3cccc(NS(C)(=O)=O)c3F)c(F)c2F)c(F)c1. The van der Waals surface area contributed by atoms with E-state index in [-0.39, 0.29) is 34.1 Å². The maximum absolute atomic E-state index is 15.3. The van der Waals surface area contributed by atoms with Crippen molar-refractivity contribution in [3.8, 4) is 0 Å². The zero-order valence-electron chi connectivity index (χ0n) is 19.4. The number of amides is 1. The van der Waals surface area contributed by atoms with Gasteiger partial charge in [0, 0.05) is 12.5 Å². The van der Waals surface area contributed by atoms with Gasteiger partial charge in [0.1, 0.15) is 5.82 Å². The summed E-state index contributed by atoms with van der Waals surface area (Å²) in [6.07, 6.45) is 1.85. The molecule has 1 aliphatic carbocycles. The van der Waals surface area contributed by atoms with Gasteiger partial charge in [-0.05, 0) is 60.7 Å². The van der Waals surface area contributed by atoms with Crippen LogP contribution in [-0.2, 0) is 16.4 Å². The molecule has 4 rings (SSSR count). The van der Waals surface area contributed by atoms with Crippen LogP contribution >= 0.6 is 0 Å². The van der Waals surface area contributed by atoms with E-state index < -0.39 is 51.3 Å². The van der Waals surface area contributed by atoms with Gasteiger partial charge in [-0.1, -0.05) is 18.2 Å². The molecule has 3 aromatic carbocycles. The molecule has 3 N–H and O–H groups in total. The Balaban J connectivity index is 1.76. The lowest BCUT2D eigenvalue weighted by Crippen LogP contribution is -2.27. The Kier molecular flexibility index (Phi) is 6.94. The van der Waals surface area contributed by atoms with Gasteiger partial charge in [0.2, 0.25) is 10.0 Å². The fourth-order valence-corrected chi connectivity index (χ4v) is 4.21. The Hall–Kier alpha value is -3.60. The fourth-order valence-electron chi connectivity index (χ4n) is 3.66. The standard InChI is InChI=1S/C25H23F4N3O3S/c1-13-6-9-19(18(26)10-13)31-24-17(25(33)30-16-7-8-16)12-15(22(28)23(24)29)11-14-4-3-5-20(21(14)27)32-36(2,34)35/h3-6,9-10,12,16,31-32H,7-8,11H2,1-2H3,(H,30,33). The molecule has 1 amide bonds. The predicted molar refractivity (Wildman–Crippen MR) is 129 cm³/mol. The van der Waals surface area contributed by atoms with Gasteiger partial charge >= 0.3 is 0 Å². The molecule has 0 unspecified atom stereocenters. The lowest BCUT2D eigenvalue weighted by molar-refractivity contribution is 0.0951. The Morgan fingerprint density at radius 1 is 0.944 bits per heavy atom. The molecule has 3 aromatic rings. The quantitative estimate of drug-likeness (QED) is 0.358. The summed E-state index contributed by atoms with van der Waals surface area (Å²) in [5.41, 5.74) is -1.18. The number of hydrogen-bond acceptors (Lipinski definition) is 4. The first-order chi connectivity index (χ1) is 16.9. The summed E-state index contributed by atoms with van der Waals surface area (Å²) in [5.74, 6) is -5.16. The molecule has 0 heterocycles. The molecule has 0 spiro atoms. The minimum Gasteiger partial charge on any atom is -0.350 e. The number of sulfonamides is 1. The van der Waals surface area contributed by atoms with Crippen molar-refractivity contribution in [2.75, 3.05) is 16.3 Å². The second kappa shape index (κ2) is 9.81. The van der Waals surface area contributed by atoms with Crippen molar-refractivity contribution in [2.24, 2.45) is 0 Å². The maximum Gasteiger partial charge on any atom is 0.253 e. The van der Waals surface area contributed by atoms with E-state index in [0.717, 1.165) is 25.2 Å². The van der Waals surface area contributed by atoms with E-state index in [0.29, 0.717) is 5.56 Å². The number of aryl methyl sites for hydroxylation is 1. The van der Waals surface area contributed by atoms with E-state index >= 15 is 8.78 Å². The molecule has 190 valence electrons. The molecule has 0 aromatic heterocycles. The van der Waals surface area contributed by atoms with Crippen molar-refractivity contribution in [1.29, 1.82) is 0 Å². The molecule has 36 heavy (non-hydrogen) atoms. The van der Waals surface area contributed by atoms with Crippen molar-refractivity contribution in [2.45, 2.75) is 32.2 Å². The molecule has 0 bridgehead atoms. The first kappa shape index (κ1) is 25.5. The highest BCUT2D eigenvalue weighted by Crippen LogP contribution is 2.33. The largest absolute Gasteiger partial charge is 0.350 e. The molecule has 1 saturated carbocycles. The van der Waals surface area contributed by atoms with Crippen LogP contribution in [0.4, 0.5) is 34.6 Å². The van der Waals surface area contributed by atoms with Crippen LogP contribution in [0, 0.1) is 30.2 Å². The number of anilines is 3. The number of halogens is 4. The lowest BCUT2D eigenvalue weighted by Gasteiger charge is -2.17. The van der Waals surface area contributed by atoms with Gasteiger partial charge < -0.3 is 10.6 Å². The Morgan fingerprint density at radius 2 is 1.67 bits per heavy atom. The monoisotopic (exact) mass is 521 g/mol. The van der Waals surface area contributed by atoms with Crippen LogP contribution in [-0.4, -0.2) is 26.6 Å². The molecule has 1 fully saturated rings. The average Bonchev–Trinajstić information content (AvgIpc) is 3.60. The van der Waals surface area contributed by atoms with Gasteiger partial charge in [0.15, 0.2) is 17.5 Å². The Bertz CT molecular complexity index is 1460. The molecular formula is C25H23F4N3O3S. The van der Waals surface area contributed by atoms with Gasteiger partial charge in [0.05, 0.1) is 28.9 Å². The molecule has 0 atom stereocenters. The zero-order valence-corrected chi connectivity index (χ0v) is 20.2. The summed E-state index contributed by atoms with van der Waals surface area (Å²) < 4.78 is 84.8. The third-order valence-corrected chi connectivity index (χ3v) is 6.17. The van der Waals surface area contributed by atoms with E-state index in [1.54, 1.807) is 13.0 Å². The second-order valence-corrected chi connectivity index (χ2v) is 10.5. The first-order valence-electron chi connectivity index (χ1n) is 11.0. The van der Waals surface area contributed by atoms with E-state index in [4.69, 9.17) is 0 Å². The van der Waals surface area contributed by atoms with Crippen LogP contribution in [0.5, 0.6) is 0 Å². The third kappa shape index (κ3) is 5.78. The van der Waals surface area contributed by atoms with Crippen LogP contribution in [0.15, 0.2) is 42.5 Å². The van der Waals surface area contributed by atoms with Crippen LogP contribution < -0.4 is 15.4 Å². The van der Waals surface area contributed by atoms with E-state index in [1.807, 2.05) is 4.72 Å². The van der Waals surface area contributed by atoms with Crippen molar-refractivity contribution in [1.82, 2.24) is 5.32 Å². The highest BCUT2D eigenvalue weighted by Gasteiger charge is 2.28. The lowest BCUT2D eigenvalue weighted by atomic mass is 9.99. The topological polar surface area (TPSA) is 87.3 Å². The molecule has 6 nitrogen and oxygen atoms in total. The molecular weight excluding hydrogens is 498 g/mol. The number of nitrogens with one attached hydrogen (secondary N) is 3. The summed E-state index contributed by atoms with van der Waals surface area (Å²) >= 11 is 0. The van der Waals surface area contributed by atoms with Crippen LogP contribution in [0.3, 0.4) is 0 Å². The van der Waals surface area contributed by atoms with E-state index in [1.165, 1.54) is 30.3 Å². The highest BCUT2D eigenvalue weighted by atomic mass is 32.2. The van der Waals surface area contributed by atoms with Gasteiger partial charge in [-0.3, -0.25) is 9.52 Å². The average molecular weight is 522 g/mol.